The lowest BCUT2D eigenvalue weighted by molar-refractivity contribution is 0.403. The third-order valence-electron chi connectivity index (χ3n) is 3.72. The second-order valence-electron chi connectivity index (χ2n) is 5.41. The topological polar surface area (TPSA) is 99.0 Å². The molecule has 0 spiro atoms. The molecule has 0 fully saturated rings. The fraction of sp³-hybridized carbons (Fsp3) is 0.188. The Hall–Kier alpha value is -3.08. The number of halogens is 2. The number of nitrogens with zero attached hydrogens (tertiary/aromatic N) is 4. The van der Waals surface area contributed by atoms with E-state index in [0.29, 0.717) is 24.0 Å². The third kappa shape index (κ3) is 3.72. The van der Waals surface area contributed by atoms with E-state index in [0.717, 1.165) is 12.1 Å². The molecule has 1 aromatic heterocycles. The third-order valence-corrected chi connectivity index (χ3v) is 5.10. The predicted octanol–water partition coefficient (Wildman–Crippen LogP) is 2.45. The summed E-state index contributed by atoms with van der Waals surface area (Å²) in [5.41, 5.74) is 0.0462. The van der Waals surface area contributed by atoms with E-state index in [9.17, 15) is 17.2 Å². The lowest BCUT2D eigenvalue weighted by Gasteiger charge is -2.13. The Balaban J connectivity index is 2.07. The first-order valence-corrected chi connectivity index (χ1v) is 9.26. The molecule has 3 rings (SSSR count). The van der Waals surface area contributed by atoms with Crippen LogP contribution in [-0.4, -0.2) is 35.7 Å². The summed E-state index contributed by atoms with van der Waals surface area (Å²) in [6, 6.07) is 6.90. The van der Waals surface area contributed by atoms with Crippen molar-refractivity contribution in [3.63, 3.8) is 0 Å². The number of methoxy groups -OCH3 is 1. The van der Waals surface area contributed by atoms with Gasteiger partial charge in [0.05, 0.1) is 12.8 Å². The number of hydrogen-bond acceptors (Lipinski definition) is 6. The molecule has 0 saturated heterocycles. The van der Waals surface area contributed by atoms with Gasteiger partial charge in [-0.3, -0.25) is 4.72 Å². The van der Waals surface area contributed by atoms with Crippen molar-refractivity contribution in [1.29, 1.82) is 0 Å². The molecule has 0 unspecified atom stereocenters. The Morgan fingerprint density at radius 1 is 1.19 bits per heavy atom. The molecular weight excluding hydrogens is 380 g/mol. The molecule has 0 aliphatic heterocycles. The number of anilines is 1. The van der Waals surface area contributed by atoms with Gasteiger partial charge < -0.3 is 4.74 Å². The van der Waals surface area contributed by atoms with Gasteiger partial charge in [0.25, 0.3) is 10.0 Å². The van der Waals surface area contributed by atoms with Crippen molar-refractivity contribution in [3.05, 3.63) is 48.0 Å². The van der Waals surface area contributed by atoms with E-state index >= 15 is 0 Å². The second kappa shape index (κ2) is 7.27. The van der Waals surface area contributed by atoms with Crippen LogP contribution in [0.1, 0.15) is 6.92 Å². The molecule has 0 radical (unpaired) electrons. The van der Waals surface area contributed by atoms with Crippen LogP contribution in [0.2, 0.25) is 0 Å². The predicted molar refractivity (Wildman–Crippen MR) is 92.6 cm³/mol. The Morgan fingerprint density at radius 3 is 2.63 bits per heavy atom. The fourth-order valence-electron chi connectivity index (χ4n) is 2.42. The molecule has 0 saturated carbocycles. The molecule has 0 amide bonds. The Kier molecular flexibility index (Phi) is 5.04. The minimum absolute atomic E-state index is 0.0456. The van der Waals surface area contributed by atoms with E-state index in [1.54, 1.807) is 6.07 Å². The summed E-state index contributed by atoms with van der Waals surface area (Å²) in [5.74, 6) is -1.45. The Bertz CT molecular complexity index is 1090. The van der Waals surface area contributed by atoms with Gasteiger partial charge in [-0.2, -0.15) is 0 Å². The number of nitrogens with one attached hydrogen (secondary N) is 1. The lowest BCUT2D eigenvalue weighted by atomic mass is 10.2. The van der Waals surface area contributed by atoms with Gasteiger partial charge in [-0.05, 0) is 47.7 Å². The molecular formula is C16H15F2N5O3S. The fourth-order valence-corrected chi connectivity index (χ4v) is 3.69. The van der Waals surface area contributed by atoms with Crippen LogP contribution in [0.5, 0.6) is 5.75 Å². The maximum atomic E-state index is 13.9. The van der Waals surface area contributed by atoms with Gasteiger partial charge in [0.2, 0.25) is 0 Å². The number of ether oxygens (including phenoxy) is 1. The highest BCUT2D eigenvalue weighted by molar-refractivity contribution is 7.92. The summed E-state index contributed by atoms with van der Waals surface area (Å²) in [4.78, 5) is -0.239. The van der Waals surface area contributed by atoms with Crippen LogP contribution >= 0.6 is 0 Å². The maximum Gasteiger partial charge on any atom is 0.265 e. The van der Waals surface area contributed by atoms with Gasteiger partial charge in [-0.25, -0.2) is 21.9 Å². The van der Waals surface area contributed by atoms with Gasteiger partial charge in [0.1, 0.15) is 22.3 Å². The zero-order valence-electron chi connectivity index (χ0n) is 14.3. The number of aryl methyl sites for hydroxylation is 1. The van der Waals surface area contributed by atoms with E-state index in [2.05, 4.69) is 20.2 Å². The molecule has 8 nitrogen and oxygen atoms in total. The standard InChI is InChI=1S/C16H15F2N5O3S/c1-3-23-16(19-21-22-23)10-4-7-14(26-2)15(8-10)27(24,25)20-13-6-5-11(17)9-12(13)18/h4-9,20H,3H2,1-2H3. The average Bonchev–Trinajstić information content (AvgIpc) is 3.12. The van der Waals surface area contributed by atoms with Crippen molar-refractivity contribution < 1.29 is 21.9 Å². The first-order chi connectivity index (χ1) is 12.9. The van der Waals surface area contributed by atoms with E-state index < -0.39 is 21.7 Å². The minimum atomic E-state index is -4.24. The zero-order chi connectivity index (χ0) is 19.6. The summed E-state index contributed by atoms with van der Waals surface area (Å²) in [5, 5.41) is 11.3. The summed E-state index contributed by atoms with van der Waals surface area (Å²) in [6.45, 7) is 2.31. The molecule has 0 aliphatic rings. The monoisotopic (exact) mass is 395 g/mol. The van der Waals surface area contributed by atoms with Gasteiger partial charge >= 0.3 is 0 Å². The van der Waals surface area contributed by atoms with E-state index in [4.69, 9.17) is 4.74 Å². The summed E-state index contributed by atoms with van der Waals surface area (Å²) >= 11 is 0. The highest BCUT2D eigenvalue weighted by Crippen LogP contribution is 2.31. The van der Waals surface area contributed by atoms with Crippen LogP contribution in [-0.2, 0) is 16.6 Å². The molecule has 142 valence electrons. The van der Waals surface area contributed by atoms with E-state index in [1.165, 1.54) is 23.9 Å². The molecule has 2 aromatic carbocycles. The van der Waals surface area contributed by atoms with Crippen LogP contribution in [0.4, 0.5) is 14.5 Å². The highest BCUT2D eigenvalue weighted by atomic mass is 32.2. The average molecular weight is 395 g/mol. The summed E-state index contributed by atoms with van der Waals surface area (Å²) < 4.78 is 61.2. The highest BCUT2D eigenvalue weighted by Gasteiger charge is 2.23. The normalized spacial score (nSPS) is 11.4. The maximum absolute atomic E-state index is 13.9. The van der Waals surface area contributed by atoms with Crippen molar-refractivity contribution in [2.75, 3.05) is 11.8 Å². The Labute approximate surface area is 153 Å². The second-order valence-corrected chi connectivity index (χ2v) is 7.06. The van der Waals surface area contributed by atoms with Crippen molar-refractivity contribution in [3.8, 4) is 17.1 Å². The SMILES string of the molecule is CCn1nnnc1-c1ccc(OC)c(S(=O)(=O)Nc2ccc(F)cc2F)c1. The number of hydrogen-bond donors (Lipinski definition) is 1. The molecule has 0 aliphatic carbocycles. The quantitative estimate of drug-likeness (QED) is 0.688. The van der Waals surface area contributed by atoms with E-state index in [1.807, 2.05) is 6.92 Å². The number of sulfonamides is 1. The molecule has 0 atom stereocenters. The largest absolute Gasteiger partial charge is 0.495 e. The van der Waals surface area contributed by atoms with Gasteiger partial charge in [0.15, 0.2) is 5.82 Å². The van der Waals surface area contributed by atoms with Crippen LogP contribution < -0.4 is 9.46 Å². The van der Waals surface area contributed by atoms with Crippen LogP contribution in [0.15, 0.2) is 41.3 Å². The minimum Gasteiger partial charge on any atom is -0.495 e. The van der Waals surface area contributed by atoms with Gasteiger partial charge in [-0.15, -0.1) is 5.10 Å². The number of tetrazole rings is 1. The first kappa shape index (κ1) is 18.7. The smallest absolute Gasteiger partial charge is 0.265 e. The van der Waals surface area contributed by atoms with Gasteiger partial charge in [-0.1, -0.05) is 0 Å². The summed E-state index contributed by atoms with van der Waals surface area (Å²) in [7, 11) is -2.93. The van der Waals surface area contributed by atoms with Crippen LogP contribution in [0.3, 0.4) is 0 Å². The molecule has 0 bridgehead atoms. The lowest BCUT2D eigenvalue weighted by Crippen LogP contribution is -2.15. The number of aromatic nitrogens is 4. The Morgan fingerprint density at radius 2 is 1.96 bits per heavy atom. The van der Waals surface area contributed by atoms with Crippen molar-refractivity contribution >= 4 is 15.7 Å². The van der Waals surface area contributed by atoms with Gasteiger partial charge in [0, 0.05) is 18.2 Å². The van der Waals surface area contributed by atoms with E-state index in [-0.39, 0.29) is 16.3 Å². The first-order valence-electron chi connectivity index (χ1n) is 7.78. The molecule has 1 heterocycles. The molecule has 27 heavy (non-hydrogen) atoms. The van der Waals surface area contributed by atoms with Crippen molar-refractivity contribution in [2.24, 2.45) is 0 Å². The number of rotatable bonds is 6. The van der Waals surface area contributed by atoms with Crippen molar-refractivity contribution in [1.82, 2.24) is 20.2 Å². The van der Waals surface area contributed by atoms with Crippen LogP contribution in [0, 0.1) is 11.6 Å². The molecule has 1 N–H and O–H groups in total. The number of benzene rings is 2. The molecule has 3 aromatic rings. The molecule has 11 heteroatoms. The van der Waals surface area contributed by atoms with Crippen molar-refractivity contribution in [2.45, 2.75) is 18.4 Å². The zero-order valence-corrected chi connectivity index (χ0v) is 15.2. The summed E-state index contributed by atoms with van der Waals surface area (Å²) in [6.07, 6.45) is 0. The van der Waals surface area contributed by atoms with Crippen LogP contribution in [0.25, 0.3) is 11.4 Å².